The van der Waals surface area contributed by atoms with Crippen LogP contribution in [0.2, 0.25) is 0 Å². The van der Waals surface area contributed by atoms with E-state index >= 15 is 0 Å². The smallest absolute Gasteiger partial charge is 0.353 e. The molecule has 0 spiro atoms. The van der Waals surface area contributed by atoms with Crippen LogP contribution in [0.3, 0.4) is 0 Å². The number of nitrogens with two attached hydrogens (primary N) is 1. The number of thioether (sulfide) groups is 1. The largest absolute Gasteiger partial charge is 0.477 e. The quantitative estimate of drug-likeness (QED) is 0.102. The lowest BCUT2D eigenvalue weighted by Crippen LogP contribution is -2.66. The molecule has 5 heterocycles. The number of β-lactam (4-membered cyclic amide) rings is 1. The van der Waals surface area contributed by atoms with E-state index in [1.54, 1.807) is 11.8 Å². The van der Waals surface area contributed by atoms with Gasteiger partial charge in [0, 0.05) is 47.8 Å². The van der Waals surface area contributed by atoms with Crippen LogP contribution in [0.4, 0.5) is 0 Å². The maximum absolute atomic E-state index is 13.1. The molecule has 4 aliphatic rings. The summed E-state index contributed by atoms with van der Waals surface area (Å²) in [6, 6.07) is -1.33. The molecule has 16 nitrogen and oxygen atoms in total. The first-order valence-electron chi connectivity index (χ1n) is 13.1. The van der Waals surface area contributed by atoms with Crippen molar-refractivity contribution in [3.05, 3.63) is 16.9 Å². The number of hydrogen-bond acceptors (Lipinski definition) is 10. The Morgan fingerprint density at radius 1 is 1.38 bits per heavy atom. The topological polar surface area (TPSA) is 225 Å². The SMILES string of the molecule is C[C@@H](NC(=O)Cn1cnnn1)[C@H]1C(=O)N2C(C(=O)O)=C(SC3CNC(C(=O)N4CCC(NC(=N)N)C4)C3)[C@H](C)[C@H]12. The van der Waals surface area contributed by atoms with Crippen molar-refractivity contribution in [1.82, 2.24) is 46.0 Å². The molecule has 0 aliphatic carbocycles. The lowest BCUT2D eigenvalue weighted by molar-refractivity contribution is -0.158. The number of likely N-dealkylation sites (tertiary alicyclic amines) is 1. The second-order valence-corrected chi connectivity index (χ2v) is 12.0. The zero-order valence-corrected chi connectivity index (χ0v) is 22.9. The van der Waals surface area contributed by atoms with Crippen LogP contribution >= 0.6 is 11.8 Å². The van der Waals surface area contributed by atoms with E-state index in [-0.39, 0.29) is 65.2 Å². The van der Waals surface area contributed by atoms with E-state index in [1.807, 2.05) is 6.92 Å². The van der Waals surface area contributed by atoms with E-state index in [2.05, 4.69) is 31.5 Å². The van der Waals surface area contributed by atoms with Crippen LogP contribution in [0.5, 0.6) is 0 Å². The van der Waals surface area contributed by atoms with E-state index in [4.69, 9.17) is 11.1 Å². The number of rotatable bonds is 9. The molecule has 17 heteroatoms. The number of fused-ring (bicyclic) bond motifs is 1. The highest BCUT2D eigenvalue weighted by Crippen LogP contribution is 2.51. The Balaban J connectivity index is 1.20. The minimum Gasteiger partial charge on any atom is -0.477 e. The minimum atomic E-state index is -1.17. The number of hydrogen-bond donors (Lipinski definition) is 6. The van der Waals surface area contributed by atoms with Gasteiger partial charge in [-0.05, 0) is 30.2 Å². The molecule has 4 aliphatic heterocycles. The summed E-state index contributed by atoms with van der Waals surface area (Å²) in [7, 11) is 0. The first-order valence-corrected chi connectivity index (χ1v) is 14.0. The van der Waals surface area contributed by atoms with E-state index in [1.165, 1.54) is 27.7 Å². The number of carboxylic acid groups (broad SMARTS) is 1. The Labute approximate surface area is 233 Å². The molecule has 3 unspecified atom stereocenters. The molecule has 40 heavy (non-hydrogen) atoms. The summed E-state index contributed by atoms with van der Waals surface area (Å²) >= 11 is 1.41. The van der Waals surface area contributed by atoms with Gasteiger partial charge >= 0.3 is 5.97 Å². The molecule has 3 fully saturated rings. The average molecular weight is 576 g/mol. The average Bonchev–Trinajstić information content (AvgIpc) is 3.67. The Morgan fingerprint density at radius 3 is 2.83 bits per heavy atom. The number of carboxylic acids is 1. The predicted molar refractivity (Wildman–Crippen MR) is 141 cm³/mol. The molecule has 0 saturated carbocycles. The third-order valence-corrected chi connectivity index (χ3v) is 9.47. The lowest BCUT2D eigenvalue weighted by atomic mass is 9.78. The fourth-order valence-corrected chi connectivity index (χ4v) is 7.64. The Bertz CT molecular complexity index is 1240. The molecule has 216 valence electrons. The number of nitrogens with zero attached hydrogens (tertiary/aromatic N) is 6. The third-order valence-electron chi connectivity index (χ3n) is 7.96. The van der Waals surface area contributed by atoms with Crippen LogP contribution < -0.4 is 21.7 Å². The number of nitrogens with one attached hydrogen (secondary N) is 4. The number of aliphatic carboxylic acids is 1. The Morgan fingerprint density at radius 2 is 2.15 bits per heavy atom. The molecule has 0 bridgehead atoms. The molecule has 5 rings (SSSR count). The second-order valence-electron chi connectivity index (χ2n) is 10.7. The third kappa shape index (κ3) is 5.22. The maximum Gasteiger partial charge on any atom is 0.353 e. The standard InChI is InChI=1S/C23H33N11O5S/c1-10-17-16(11(2)28-15(35)8-33-9-27-30-31-33)21(37)34(17)18(22(38)39)19(10)40-13-5-14(26-6-13)20(36)32-4-3-12(7-32)29-23(24)25/h9-14,16-17,26H,3-8H2,1-2H3,(H,28,35)(H,38,39)(H4,24,25,29)/t10-,11-,12?,13?,14?,16-,17-/m1/s1. The van der Waals surface area contributed by atoms with E-state index < -0.39 is 17.9 Å². The zero-order valence-electron chi connectivity index (χ0n) is 22.1. The van der Waals surface area contributed by atoms with Crippen molar-refractivity contribution in [3.63, 3.8) is 0 Å². The van der Waals surface area contributed by atoms with Crippen LogP contribution in [0.1, 0.15) is 26.7 Å². The van der Waals surface area contributed by atoms with Gasteiger partial charge in [-0.2, -0.15) is 0 Å². The summed E-state index contributed by atoms with van der Waals surface area (Å²) in [5.74, 6) is -2.80. The Hall–Kier alpha value is -3.73. The van der Waals surface area contributed by atoms with Crippen LogP contribution in [0, 0.1) is 17.2 Å². The molecule has 7 N–H and O–H groups in total. The normalized spacial score (nSPS) is 30.2. The van der Waals surface area contributed by atoms with E-state index in [9.17, 15) is 24.3 Å². The predicted octanol–water partition coefficient (Wildman–Crippen LogP) is -2.50. The number of carbonyl (C=O) groups is 4. The van der Waals surface area contributed by atoms with Crippen molar-refractivity contribution in [2.45, 2.75) is 62.7 Å². The molecular formula is C23H33N11O5S. The van der Waals surface area contributed by atoms with E-state index in [0.29, 0.717) is 37.4 Å². The zero-order chi connectivity index (χ0) is 28.7. The van der Waals surface area contributed by atoms with Gasteiger partial charge in [0.2, 0.25) is 17.7 Å². The minimum absolute atomic E-state index is 0.0107. The summed E-state index contributed by atoms with van der Waals surface area (Å²) in [6.45, 7) is 5.13. The van der Waals surface area contributed by atoms with Gasteiger partial charge in [-0.25, -0.2) is 9.48 Å². The van der Waals surface area contributed by atoms with Crippen LogP contribution in [-0.4, -0.2) is 114 Å². The van der Waals surface area contributed by atoms with Gasteiger partial charge < -0.3 is 36.6 Å². The van der Waals surface area contributed by atoms with Crippen LogP contribution in [0.15, 0.2) is 16.9 Å². The van der Waals surface area contributed by atoms with Crippen molar-refractivity contribution in [1.29, 1.82) is 5.41 Å². The first kappa shape index (κ1) is 27.8. The van der Waals surface area contributed by atoms with Gasteiger partial charge in [-0.3, -0.25) is 19.8 Å². The fourth-order valence-electron chi connectivity index (χ4n) is 6.17. The molecule has 7 atom stereocenters. The summed E-state index contributed by atoms with van der Waals surface area (Å²) in [4.78, 5) is 54.7. The molecule has 0 aromatic carbocycles. The molecule has 0 radical (unpaired) electrons. The number of guanidine groups is 1. The number of carbonyl (C=O) groups excluding carboxylic acids is 3. The summed E-state index contributed by atoms with van der Waals surface area (Å²) in [5, 5.41) is 37.0. The second kappa shape index (κ2) is 11.0. The molecule has 1 aromatic heterocycles. The summed E-state index contributed by atoms with van der Waals surface area (Å²) in [5.41, 5.74) is 5.41. The van der Waals surface area contributed by atoms with Crippen LogP contribution in [-0.2, 0) is 25.7 Å². The van der Waals surface area contributed by atoms with Gasteiger partial charge in [-0.15, -0.1) is 16.9 Å². The summed E-state index contributed by atoms with van der Waals surface area (Å²) < 4.78 is 1.27. The maximum atomic E-state index is 13.1. The van der Waals surface area contributed by atoms with Gasteiger partial charge in [0.05, 0.1) is 18.0 Å². The highest BCUT2D eigenvalue weighted by molar-refractivity contribution is 8.03. The Kier molecular flexibility index (Phi) is 7.67. The molecular weight excluding hydrogens is 542 g/mol. The van der Waals surface area contributed by atoms with Gasteiger partial charge in [-0.1, -0.05) is 6.92 Å². The molecule has 3 saturated heterocycles. The van der Waals surface area contributed by atoms with Crippen molar-refractivity contribution in [3.8, 4) is 0 Å². The van der Waals surface area contributed by atoms with Crippen molar-refractivity contribution in [2.75, 3.05) is 19.6 Å². The van der Waals surface area contributed by atoms with Gasteiger partial charge in [0.1, 0.15) is 18.6 Å². The van der Waals surface area contributed by atoms with Crippen molar-refractivity contribution < 1.29 is 24.3 Å². The van der Waals surface area contributed by atoms with Crippen LogP contribution in [0.25, 0.3) is 0 Å². The number of aromatic nitrogens is 4. The lowest BCUT2D eigenvalue weighted by Gasteiger charge is -2.47. The van der Waals surface area contributed by atoms with Gasteiger partial charge in [0.15, 0.2) is 5.96 Å². The highest BCUT2D eigenvalue weighted by Gasteiger charge is 2.60. The van der Waals surface area contributed by atoms with Crippen molar-refractivity contribution in [2.24, 2.45) is 17.6 Å². The highest BCUT2D eigenvalue weighted by atomic mass is 32.2. The fraction of sp³-hybridized carbons (Fsp3) is 0.652. The monoisotopic (exact) mass is 575 g/mol. The number of amides is 3. The summed E-state index contributed by atoms with van der Waals surface area (Å²) in [6.07, 6.45) is 2.56. The van der Waals surface area contributed by atoms with Gasteiger partial charge in [0.25, 0.3) is 0 Å². The molecule has 1 aromatic rings. The van der Waals surface area contributed by atoms with E-state index in [0.717, 1.165) is 0 Å². The van der Waals surface area contributed by atoms with Crippen molar-refractivity contribution >= 4 is 41.4 Å². The number of tetrazole rings is 1. The molecule has 3 amide bonds. The first-order chi connectivity index (χ1) is 19.0.